The molecular formula is C35H40ClN5O3. The molecule has 0 saturated carbocycles. The first-order chi connectivity index (χ1) is 21.5. The maximum atomic E-state index is 13.5. The number of aryl methyl sites for hydroxylation is 1. The minimum absolute atomic E-state index is 0.136. The number of ether oxygens (including phenoxy) is 1. The summed E-state index contributed by atoms with van der Waals surface area (Å²) >= 11 is 6.07. The van der Waals surface area contributed by atoms with Crippen molar-refractivity contribution >= 4 is 34.3 Å². The predicted octanol–water partition coefficient (Wildman–Crippen LogP) is 5.47. The van der Waals surface area contributed by atoms with E-state index in [2.05, 4.69) is 27.7 Å². The number of nitrogens with one attached hydrogen (secondary N) is 2. The van der Waals surface area contributed by atoms with E-state index in [1.807, 2.05) is 60.7 Å². The third kappa shape index (κ3) is 6.92. The van der Waals surface area contributed by atoms with Crippen LogP contribution in [0.4, 0.5) is 0 Å². The van der Waals surface area contributed by atoms with E-state index in [0.29, 0.717) is 37.0 Å². The van der Waals surface area contributed by atoms with Crippen molar-refractivity contribution in [1.82, 2.24) is 25.3 Å². The van der Waals surface area contributed by atoms with E-state index < -0.39 is 0 Å². The Hall–Kier alpha value is -3.88. The molecule has 9 heteroatoms. The van der Waals surface area contributed by atoms with Crippen molar-refractivity contribution in [2.75, 3.05) is 39.3 Å². The van der Waals surface area contributed by atoms with Crippen molar-refractivity contribution in [2.45, 2.75) is 45.1 Å². The van der Waals surface area contributed by atoms with E-state index in [1.54, 1.807) is 4.68 Å². The fraction of sp³-hybridized carbons (Fsp3) is 0.400. The summed E-state index contributed by atoms with van der Waals surface area (Å²) in [7, 11) is 0. The second kappa shape index (κ2) is 13.8. The van der Waals surface area contributed by atoms with Crippen molar-refractivity contribution in [3.8, 4) is 5.75 Å². The highest BCUT2D eigenvalue weighted by Gasteiger charge is 2.40. The van der Waals surface area contributed by atoms with Crippen LogP contribution in [0.25, 0.3) is 10.9 Å². The number of rotatable bonds is 6. The van der Waals surface area contributed by atoms with Crippen molar-refractivity contribution < 1.29 is 14.3 Å². The number of likely N-dealkylation sites (tertiary alicyclic amines) is 1. The number of piperidine rings is 1. The van der Waals surface area contributed by atoms with E-state index in [1.165, 1.54) is 5.56 Å². The molecule has 1 spiro atoms. The largest absolute Gasteiger partial charge is 0.491 e. The van der Waals surface area contributed by atoms with Gasteiger partial charge in [-0.15, -0.1) is 0 Å². The lowest BCUT2D eigenvalue weighted by Gasteiger charge is -2.41. The van der Waals surface area contributed by atoms with Gasteiger partial charge in [0.25, 0.3) is 5.91 Å². The molecule has 3 aromatic carbocycles. The fourth-order valence-electron chi connectivity index (χ4n) is 6.55. The fourth-order valence-corrected chi connectivity index (χ4v) is 6.67. The molecule has 1 saturated heterocycles. The Morgan fingerprint density at radius 3 is 2.59 bits per heavy atom. The average molecular weight is 614 g/mol. The first-order valence-electron chi connectivity index (χ1n) is 15.7. The molecule has 4 aromatic rings. The third-order valence-electron chi connectivity index (χ3n) is 9.08. The normalized spacial score (nSPS) is 17.6. The smallest absolute Gasteiger partial charge is 0.270 e. The quantitative estimate of drug-likeness (QED) is 0.301. The third-order valence-corrected chi connectivity index (χ3v) is 9.34. The molecule has 0 aliphatic carbocycles. The van der Waals surface area contributed by atoms with E-state index in [4.69, 9.17) is 21.4 Å². The Labute approximate surface area is 263 Å². The standard InChI is InChI=1S/C35H40ClN5O3/c36-28-14-12-26(13-15-28)25-41-32(29-9-2-3-10-30(29)39-41)33(42)37-19-23-40-21-17-35(18-22-40)16-6-5-8-27-7-1-4-11-31(27)44-24-20-38-34(35)43/h1-4,7,9-15H,5-6,8,16-25H2,(H,37,42)(H,38,43). The van der Waals surface area contributed by atoms with Crippen molar-refractivity contribution in [2.24, 2.45) is 5.41 Å². The highest BCUT2D eigenvalue weighted by Crippen LogP contribution is 2.37. The summed E-state index contributed by atoms with van der Waals surface area (Å²) < 4.78 is 7.77. The summed E-state index contributed by atoms with van der Waals surface area (Å²) in [5.74, 6) is 0.948. The minimum Gasteiger partial charge on any atom is -0.491 e. The molecular weight excluding hydrogens is 574 g/mol. The summed E-state index contributed by atoms with van der Waals surface area (Å²) in [5, 5.41) is 12.5. The van der Waals surface area contributed by atoms with Crippen LogP contribution in [0.5, 0.6) is 5.75 Å². The Morgan fingerprint density at radius 2 is 1.75 bits per heavy atom. The number of nitrogens with zero attached hydrogens (tertiary/aromatic N) is 3. The highest BCUT2D eigenvalue weighted by atomic mass is 35.5. The highest BCUT2D eigenvalue weighted by molar-refractivity contribution is 6.30. The summed E-state index contributed by atoms with van der Waals surface area (Å²) in [4.78, 5) is 29.3. The summed E-state index contributed by atoms with van der Waals surface area (Å²) in [6.07, 6.45) is 5.56. The van der Waals surface area contributed by atoms with Crippen molar-refractivity contribution in [1.29, 1.82) is 0 Å². The van der Waals surface area contributed by atoms with Gasteiger partial charge in [-0.3, -0.25) is 14.3 Å². The molecule has 1 aromatic heterocycles. The Kier molecular flexibility index (Phi) is 9.48. The number of halogens is 1. The van der Waals surface area contributed by atoms with E-state index in [-0.39, 0.29) is 17.2 Å². The molecule has 2 aliphatic rings. The van der Waals surface area contributed by atoms with Crippen molar-refractivity contribution in [3.05, 3.63) is 94.6 Å². The zero-order chi connectivity index (χ0) is 30.4. The van der Waals surface area contributed by atoms with E-state index in [9.17, 15) is 9.59 Å². The lowest BCUT2D eigenvalue weighted by molar-refractivity contribution is -0.134. The number of fused-ring (bicyclic) bond motifs is 2. The molecule has 6 rings (SSSR count). The number of para-hydroxylation sites is 1. The van der Waals surface area contributed by atoms with E-state index >= 15 is 0 Å². The SMILES string of the molecule is O=C(NCCN1CCC2(CCCCc3ccccc3OCCNC2=O)CC1)c1c2ccccc2nn1Cc1ccc(Cl)cc1. The van der Waals surface area contributed by atoms with Gasteiger partial charge >= 0.3 is 0 Å². The van der Waals surface area contributed by atoms with Gasteiger partial charge in [0.2, 0.25) is 5.91 Å². The zero-order valence-electron chi connectivity index (χ0n) is 25.1. The minimum atomic E-state index is -0.342. The van der Waals surface area contributed by atoms with Gasteiger partial charge in [-0.05, 0) is 80.6 Å². The molecule has 2 N–H and O–H groups in total. The van der Waals surface area contributed by atoms with Crippen LogP contribution in [0.1, 0.15) is 53.7 Å². The van der Waals surface area contributed by atoms with Gasteiger partial charge < -0.3 is 20.3 Å². The van der Waals surface area contributed by atoms with Gasteiger partial charge in [-0.25, -0.2) is 0 Å². The summed E-state index contributed by atoms with van der Waals surface area (Å²) in [6.45, 7) is 4.38. The first kappa shape index (κ1) is 30.2. The number of benzene rings is 3. The second-order valence-electron chi connectivity index (χ2n) is 11.9. The average Bonchev–Trinajstić information content (AvgIpc) is 3.41. The van der Waals surface area contributed by atoms with Crippen LogP contribution in [-0.4, -0.2) is 65.8 Å². The Balaban J connectivity index is 1.04. The number of hydrogen-bond acceptors (Lipinski definition) is 5. The van der Waals surface area contributed by atoms with Gasteiger partial charge in [0.1, 0.15) is 18.1 Å². The summed E-state index contributed by atoms with van der Waals surface area (Å²) in [6, 6.07) is 23.6. The number of hydrogen-bond donors (Lipinski definition) is 2. The summed E-state index contributed by atoms with van der Waals surface area (Å²) in [5.41, 5.74) is 3.27. The van der Waals surface area contributed by atoms with Crippen LogP contribution >= 0.6 is 11.6 Å². The molecule has 0 atom stereocenters. The van der Waals surface area contributed by atoms with Gasteiger partial charge in [0.15, 0.2) is 0 Å². The molecule has 3 heterocycles. The van der Waals surface area contributed by atoms with E-state index in [0.717, 1.165) is 80.4 Å². The maximum absolute atomic E-state index is 13.5. The number of amides is 2. The molecule has 8 nitrogen and oxygen atoms in total. The van der Waals surface area contributed by atoms with Crippen LogP contribution in [-0.2, 0) is 17.8 Å². The molecule has 2 aliphatic heterocycles. The lowest BCUT2D eigenvalue weighted by atomic mass is 9.73. The zero-order valence-corrected chi connectivity index (χ0v) is 25.8. The predicted molar refractivity (Wildman–Crippen MR) is 173 cm³/mol. The van der Waals surface area contributed by atoms with Crippen molar-refractivity contribution in [3.63, 3.8) is 0 Å². The monoisotopic (exact) mass is 613 g/mol. The van der Waals surface area contributed by atoms with Gasteiger partial charge in [0.05, 0.1) is 24.0 Å². The van der Waals surface area contributed by atoms with Crippen LogP contribution < -0.4 is 15.4 Å². The Bertz CT molecular complexity index is 1590. The molecule has 0 bridgehead atoms. The topological polar surface area (TPSA) is 88.5 Å². The number of aromatic nitrogens is 2. The van der Waals surface area contributed by atoms with Gasteiger partial charge in [0, 0.05) is 23.5 Å². The van der Waals surface area contributed by atoms with Crippen LogP contribution in [0.15, 0.2) is 72.8 Å². The van der Waals surface area contributed by atoms with Gasteiger partial charge in [-0.1, -0.05) is 66.6 Å². The number of carbonyl (C=O) groups excluding carboxylic acids is 2. The van der Waals surface area contributed by atoms with Crippen LogP contribution in [0, 0.1) is 5.41 Å². The molecule has 2 amide bonds. The Morgan fingerprint density at radius 1 is 0.977 bits per heavy atom. The molecule has 1 fully saturated rings. The second-order valence-corrected chi connectivity index (χ2v) is 12.4. The first-order valence-corrected chi connectivity index (χ1v) is 16.1. The lowest BCUT2D eigenvalue weighted by Crippen LogP contribution is -2.50. The molecule has 0 radical (unpaired) electrons. The molecule has 230 valence electrons. The molecule has 44 heavy (non-hydrogen) atoms. The molecule has 0 unspecified atom stereocenters. The van der Waals surface area contributed by atoms with Crippen LogP contribution in [0.3, 0.4) is 0 Å². The van der Waals surface area contributed by atoms with Crippen LogP contribution in [0.2, 0.25) is 5.02 Å². The number of carbonyl (C=O) groups is 2. The van der Waals surface area contributed by atoms with Gasteiger partial charge in [-0.2, -0.15) is 5.10 Å². The maximum Gasteiger partial charge on any atom is 0.270 e.